The topological polar surface area (TPSA) is 287 Å². The first-order valence-electron chi connectivity index (χ1n) is 11.9. The van der Waals surface area contributed by atoms with Crippen LogP contribution in [0, 0.1) is 0 Å². The summed E-state index contributed by atoms with van der Waals surface area (Å²) in [6.07, 6.45) is -1.02. The molecule has 40 heavy (non-hydrogen) atoms. The van der Waals surface area contributed by atoms with E-state index in [0.29, 0.717) is 24.4 Å². The summed E-state index contributed by atoms with van der Waals surface area (Å²) < 4.78 is 35.4. The number of aryl methyl sites for hydroxylation is 2. The SMILES string of the molecule is O=S(=O)(O)CCCc1nc(NCc2nc(CCCSOOO)nc(NCC(O)CO)n2)nc(NCC(O)CO)n1. The molecule has 2 aromatic heterocycles. The van der Waals surface area contributed by atoms with Gasteiger partial charge < -0.3 is 36.4 Å². The smallest absolute Gasteiger partial charge is 0.264 e. The van der Waals surface area contributed by atoms with Gasteiger partial charge in [0.2, 0.25) is 17.8 Å². The van der Waals surface area contributed by atoms with E-state index in [1.807, 2.05) is 0 Å². The van der Waals surface area contributed by atoms with E-state index < -0.39 is 41.3 Å². The predicted octanol–water partition coefficient (Wildman–Crippen LogP) is -1.98. The minimum absolute atomic E-state index is 0.0101. The van der Waals surface area contributed by atoms with Crippen molar-refractivity contribution >= 4 is 40.0 Å². The molecule has 0 radical (unpaired) electrons. The van der Waals surface area contributed by atoms with E-state index in [-0.39, 0.29) is 62.0 Å². The maximum atomic E-state index is 11.0. The second kappa shape index (κ2) is 18.0. The average Bonchev–Trinajstić information content (AvgIpc) is 2.92. The van der Waals surface area contributed by atoms with Crippen LogP contribution in [-0.2, 0) is 38.9 Å². The summed E-state index contributed by atoms with van der Waals surface area (Å²) in [5.74, 6) is 1.12. The number of hydrogen-bond acceptors (Lipinski definition) is 19. The molecule has 2 rings (SSSR count). The zero-order valence-electron chi connectivity index (χ0n) is 21.2. The van der Waals surface area contributed by atoms with Crippen LogP contribution in [0.1, 0.15) is 30.3 Å². The fourth-order valence-corrected chi connectivity index (χ4v) is 3.77. The molecule has 0 spiro atoms. The van der Waals surface area contributed by atoms with Gasteiger partial charge in [-0.2, -0.15) is 33.3 Å². The van der Waals surface area contributed by atoms with Crippen LogP contribution in [0.2, 0.25) is 0 Å². The van der Waals surface area contributed by atoms with Gasteiger partial charge in [0.15, 0.2) is 5.82 Å². The molecule has 0 saturated carbocycles. The Balaban J connectivity index is 2.18. The third-order valence-corrected chi connectivity index (χ3v) is 6.15. The van der Waals surface area contributed by atoms with E-state index in [1.54, 1.807) is 0 Å². The van der Waals surface area contributed by atoms with Gasteiger partial charge in [0.05, 0.1) is 37.7 Å². The zero-order valence-corrected chi connectivity index (χ0v) is 22.9. The fourth-order valence-electron chi connectivity index (χ4n) is 2.89. The standard InChI is InChI=1S/C19H33N9O10S2/c29-10-12(31)7-20-17-24-14(3-1-5-39-38-37-33)23-16(27-17)9-22-19-26-15(4-2-6-40(34,35)36)25-18(28-19)21-8-13(32)11-30/h12-13,29-33H,1-11H2,(H,34,35,36)(H,20,23,24,27)(H2,21,22,25,26,28). The van der Waals surface area contributed by atoms with Crippen molar-refractivity contribution in [1.29, 1.82) is 0 Å². The van der Waals surface area contributed by atoms with Crippen LogP contribution in [0.4, 0.5) is 17.8 Å². The van der Waals surface area contributed by atoms with E-state index in [4.69, 9.17) is 20.0 Å². The Kier molecular flexibility index (Phi) is 15.1. The Bertz CT molecular complexity index is 1140. The molecule has 0 aliphatic rings. The van der Waals surface area contributed by atoms with Gasteiger partial charge in [-0.25, -0.2) is 10.2 Å². The first kappa shape index (κ1) is 33.6. The minimum Gasteiger partial charge on any atom is -0.394 e. The van der Waals surface area contributed by atoms with Crippen molar-refractivity contribution in [2.75, 3.05) is 53.8 Å². The summed E-state index contributed by atoms with van der Waals surface area (Å²) in [5.41, 5.74) is 0. The van der Waals surface area contributed by atoms with E-state index in [2.05, 4.69) is 55.2 Å². The molecule has 0 bridgehead atoms. The van der Waals surface area contributed by atoms with Crippen molar-refractivity contribution in [3.05, 3.63) is 17.5 Å². The molecular weight excluding hydrogens is 578 g/mol. The summed E-state index contributed by atoms with van der Waals surface area (Å²) in [6, 6.07) is 0. The van der Waals surface area contributed by atoms with E-state index >= 15 is 0 Å². The molecule has 0 amide bonds. The predicted molar refractivity (Wildman–Crippen MR) is 140 cm³/mol. The van der Waals surface area contributed by atoms with Crippen LogP contribution in [0.25, 0.3) is 0 Å². The third kappa shape index (κ3) is 14.2. The van der Waals surface area contributed by atoms with Crippen molar-refractivity contribution in [2.24, 2.45) is 0 Å². The number of anilines is 3. The van der Waals surface area contributed by atoms with Crippen LogP contribution in [-0.4, -0.2) is 119 Å². The van der Waals surface area contributed by atoms with Gasteiger partial charge in [-0.15, -0.1) is 4.33 Å². The van der Waals surface area contributed by atoms with Gasteiger partial charge in [0, 0.05) is 43.7 Å². The molecule has 2 aromatic rings. The molecule has 2 atom stereocenters. The third-order valence-electron chi connectivity index (χ3n) is 4.74. The average molecular weight is 612 g/mol. The quantitative estimate of drug-likeness (QED) is 0.0243. The highest BCUT2D eigenvalue weighted by Gasteiger charge is 2.13. The number of aliphatic hydroxyl groups excluding tert-OH is 4. The Labute approximate surface area is 233 Å². The lowest BCUT2D eigenvalue weighted by Crippen LogP contribution is -2.25. The molecular formula is C19H33N9O10S2. The number of aliphatic hydroxyl groups is 4. The number of nitrogens with one attached hydrogen (secondary N) is 3. The summed E-state index contributed by atoms with van der Waals surface area (Å²) in [6.45, 7) is -1.01. The molecule has 19 nitrogen and oxygen atoms in total. The monoisotopic (exact) mass is 611 g/mol. The molecule has 226 valence electrons. The largest absolute Gasteiger partial charge is 0.394 e. The molecule has 9 N–H and O–H groups in total. The summed E-state index contributed by atoms with van der Waals surface area (Å²) in [7, 11) is -4.16. The number of nitrogens with zero attached hydrogens (tertiary/aromatic N) is 6. The van der Waals surface area contributed by atoms with Gasteiger partial charge in [-0.1, -0.05) is 5.04 Å². The lowest BCUT2D eigenvalue weighted by molar-refractivity contribution is -0.432. The lowest BCUT2D eigenvalue weighted by Gasteiger charge is -2.13. The van der Waals surface area contributed by atoms with Crippen molar-refractivity contribution < 1.29 is 48.0 Å². The van der Waals surface area contributed by atoms with E-state index in [1.165, 1.54) is 0 Å². The molecule has 0 aliphatic carbocycles. The van der Waals surface area contributed by atoms with Crippen LogP contribution in [0.3, 0.4) is 0 Å². The molecule has 0 aromatic carbocycles. The minimum atomic E-state index is -4.16. The highest BCUT2D eigenvalue weighted by atomic mass is 32.2. The van der Waals surface area contributed by atoms with Crippen LogP contribution < -0.4 is 16.0 Å². The summed E-state index contributed by atoms with van der Waals surface area (Å²) in [4.78, 5) is 25.6. The highest BCUT2D eigenvalue weighted by Crippen LogP contribution is 2.12. The second-order valence-electron chi connectivity index (χ2n) is 8.14. The van der Waals surface area contributed by atoms with Crippen molar-refractivity contribution in [1.82, 2.24) is 29.9 Å². The number of aromatic nitrogens is 6. The Morgan fingerprint density at radius 3 is 1.88 bits per heavy atom. The summed E-state index contributed by atoms with van der Waals surface area (Å²) >= 11 is 0.885. The van der Waals surface area contributed by atoms with Gasteiger partial charge in [0.1, 0.15) is 11.6 Å². The van der Waals surface area contributed by atoms with Gasteiger partial charge in [0.25, 0.3) is 10.1 Å². The van der Waals surface area contributed by atoms with E-state index in [0.717, 1.165) is 12.0 Å². The lowest BCUT2D eigenvalue weighted by atomic mass is 10.3. The maximum Gasteiger partial charge on any atom is 0.264 e. The molecule has 0 saturated heterocycles. The number of hydrogen-bond donors (Lipinski definition) is 9. The van der Waals surface area contributed by atoms with Crippen molar-refractivity contribution in [3.63, 3.8) is 0 Å². The molecule has 21 heteroatoms. The summed E-state index contributed by atoms with van der Waals surface area (Å²) in [5, 5.41) is 57.6. The first-order valence-corrected chi connectivity index (χ1v) is 14.5. The van der Waals surface area contributed by atoms with Crippen LogP contribution in [0.15, 0.2) is 0 Å². The molecule has 0 aliphatic heterocycles. The Morgan fingerprint density at radius 2 is 1.30 bits per heavy atom. The van der Waals surface area contributed by atoms with Crippen LogP contribution >= 0.6 is 12.0 Å². The Morgan fingerprint density at radius 1 is 0.775 bits per heavy atom. The van der Waals surface area contributed by atoms with Crippen LogP contribution in [0.5, 0.6) is 0 Å². The Hall–Kier alpha value is -2.60. The number of rotatable bonds is 21. The maximum absolute atomic E-state index is 11.0. The van der Waals surface area contributed by atoms with Gasteiger partial charge in [-0.05, 0) is 12.8 Å². The fraction of sp³-hybridized carbons (Fsp3) is 0.684. The van der Waals surface area contributed by atoms with Crippen molar-refractivity contribution in [2.45, 2.75) is 44.4 Å². The molecule has 0 fully saturated rings. The highest BCUT2D eigenvalue weighted by molar-refractivity contribution is 7.94. The molecule has 2 unspecified atom stereocenters. The van der Waals surface area contributed by atoms with Gasteiger partial charge >= 0.3 is 0 Å². The normalized spacial score (nSPS) is 13.2. The van der Waals surface area contributed by atoms with Crippen molar-refractivity contribution in [3.8, 4) is 0 Å². The van der Waals surface area contributed by atoms with Gasteiger partial charge in [-0.3, -0.25) is 4.55 Å². The molecule has 2 heterocycles. The second-order valence-corrected chi connectivity index (χ2v) is 10.5. The zero-order chi connectivity index (χ0) is 29.4. The first-order chi connectivity index (χ1) is 19.1. The van der Waals surface area contributed by atoms with E-state index in [9.17, 15) is 18.6 Å².